The highest BCUT2D eigenvalue weighted by Crippen LogP contribution is 2.37. The van der Waals surface area contributed by atoms with Crippen molar-refractivity contribution in [3.05, 3.63) is 52.6 Å². The molecule has 0 fully saturated rings. The van der Waals surface area contributed by atoms with E-state index in [-0.39, 0.29) is 11.4 Å². The molecule has 1 N–H and O–H groups in total. The number of phenolic OH excluding ortho intramolecular Hbond substituents is 1. The van der Waals surface area contributed by atoms with Gasteiger partial charge in [0.25, 0.3) is 0 Å². The summed E-state index contributed by atoms with van der Waals surface area (Å²) >= 11 is 0. The van der Waals surface area contributed by atoms with Crippen molar-refractivity contribution in [2.24, 2.45) is 0 Å². The van der Waals surface area contributed by atoms with Gasteiger partial charge in [-0.05, 0) is 62.1 Å². The van der Waals surface area contributed by atoms with E-state index in [0.29, 0.717) is 5.69 Å². The molecule has 0 unspecified atom stereocenters. The molecule has 2 aromatic rings. The largest absolute Gasteiger partial charge is 0.506 e. The Hall–Kier alpha value is -2.00. The first-order valence-electron chi connectivity index (χ1n) is 6.26. The van der Waals surface area contributed by atoms with Gasteiger partial charge >= 0.3 is 0 Å². The maximum absolute atomic E-state index is 12.6. The number of hydrogen-bond donors (Lipinski definition) is 1. The van der Waals surface area contributed by atoms with E-state index in [4.69, 9.17) is 0 Å². The molecule has 0 bridgehead atoms. The van der Waals surface area contributed by atoms with Gasteiger partial charge in [0.1, 0.15) is 11.4 Å². The Labute approximate surface area is 113 Å². The van der Waals surface area contributed by atoms with Gasteiger partial charge in [0.05, 0.1) is 5.69 Å². The molecule has 3 heteroatoms. The predicted molar refractivity (Wildman–Crippen MR) is 76.3 cm³/mol. The van der Waals surface area contributed by atoms with Gasteiger partial charge in [0.2, 0.25) is 0 Å². The fourth-order valence-corrected chi connectivity index (χ4v) is 2.26. The molecule has 0 spiro atoms. The molecule has 0 amide bonds. The maximum Gasteiger partial charge on any atom is 0.141 e. The highest BCUT2D eigenvalue weighted by molar-refractivity contribution is 5.72. The Morgan fingerprint density at radius 1 is 0.947 bits per heavy atom. The van der Waals surface area contributed by atoms with Crippen molar-refractivity contribution in [3.8, 4) is 5.75 Å². The molecule has 0 saturated carbocycles. The first kappa shape index (κ1) is 13.4. The van der Waals surface area contributed by atoms with Crippen LogP contribution >= 0.6 is 0 Å². The lowest BCUT2D eigenvalue weighted by Crippen LogP contribution is -2.13. The minimum atomic E-state index is -0.00420. The van der Waals surface area contributed by atoms with Crippen molar-refractivity contribution in [1.29, 1.82) is 0 Å². The summed E-state index contributed by atoms with van der Waals surface area (Å²) in [6.07, 6.45) is 0. The summed E-state index contributed by atoms with van der Waals surface area (Å²) in [7, 11) is 0. The molecule has 0 aliphatic rings. The van der Waals surface area contributed by atoms with Gasteiger partial charge in [-0.25, -0.2) is 0 Å². The number of hydrogen-bond acceptors (Lipinski definition) is 2. The number of aryl methyl sites for hydroxylation is 2. The molecule has 0 saturated heterocycles. The Bertz CT molecular complexity index is 594. The molecule has 0 heterocycles. The second kappa shape index (κ2) is 4.94. The molecule has 19 heavy (non-hydrogen) atoms. The number of rotatable bonds is 2. The quantitative estimate of drug-likeness (QED) is 0.822. The maximum atomic E-state index is 12.6. The van der Waals surface area contributed by atoms with Crippen molar-refractivity contribution in [1.82, 2.24) is 0 Å². The van der Waals surface area contributed by atoms with Crippen LogP contribution in [0.2, 0.25) is 0 Å². The molecule has 3 nitrogen and oxygen atoms in total. The first-order chi connectivity index (χ1) is 8.93. The van der Waals surface area contributed by atoms with Gasteiger partial charge in [-0.3, -0.25) is 0 Å². The molecule has 0 aliphatic heterocycles. The molecular weight excluding hydrogens is 238 g/mol. The second-order valence-electron chi connectivity index (χ2n) is 4.89. The zero-order valence-corrected chi connectivity index (χ0v) is 11.7. The zero-order chi connectivity index (χ0) is 14.2. The Morgan fingerprint density at radius 2 is 1.47 bits per heavy atom. The lowest BCUT2D eigenvalue weighted by molar-refractivity contribution is 0.193. The summed E-state index contributed by atoms with van der Waals surface area (Å²) in [6, 6.07) is 8.67. The minimum Gasteiger partial charge on any atom is -0.506 e. The lowest BCUT2D eigenvalue weighted by Gasteiger charge is -2.22. The van der Waals surface area contributed by atoms with E-state index in [1.165, 1.54) is 6.07 Å². The summed E-state index contributed by atoms with van der Waals surface area (Å²) in [4.78, 5) is 0. The van der Waals surface area contributed by atoms with E-state index in [2.05, 4.69) is 6.07 Å². The summed E-state index contributed by atoms with van der Waals surface area (Å²) in [5.74, 6) is -0.00420. The summed E-state index contributed by atoms with van der Waals surface area (Å²) < 4.78 is 0. The van der Waals surface area contributed by atoms with Crippen LogP contribution in [0, 0.1) is 27.7 Å². The monoisotopic (exact) mass is 256 g/mol. The van der Waals surface area contributed by atoms with Crippen LogP contribution in [0.15, 0.2) is 30.3 Å². The van der Waals surface area contributed by atoms with Crippen LogP contribution in [0.4, 0.5) is 11.4 Å². The minimum absolute atomic E-state index is 0.00420. The SMILES string of the molecule is Cc1cc(C)c(C)c(N([O])c2ccccc2O)c1C. The predicted octanol–water partition coefficient (Wildman–Crippen LogP) is 4.11. The van der Waals surface area contributed by atoms with Crippen molar-refractivity contribution in [2.75, 3.05) is 5.06 Å². The second-order valence-corrected chi connectivity index (χ2v) is 4.89. The number of para-hydroxylation sites is 2. The lowest BCUT2D eigenvalue weighted by atomic mass is 9.98. The fourth-order valence-electron chi connectivity index (χ4n) is 2.26. The molecule has 99 valence electrons. The average molecular weight is 256 g/mol. The smallest absolute Gasteiger partial charge is 0.141 e. The van der Waals surface area contributed by atoms with E-state index in [9.17, 15) is 10.3 Å². The molecule has 2 rings (SSSR count). The first-order valence-corrected chi connectivity index (χ1v) is 6.26. The normalized spacial score (nSPS) is 10.6. The van der Waals surface area contributed by atoms with Crippen molar-refractivity contribution < 1.29 is 10.3 Å². The van der Waals surface area contributed by atoms with Crippen LogP contribution in [0.5, 0.6) is 5.75 Å². The van der Waals surface area contributed by atoms with Crippen LogP contribution in [0.1, 0.15) is 22.3 Å². The van der Waals surface area contributed by atoms with E-state index in [1.807, 2.05) is 27.7 Å². The third-order valence-electron chi connectivity index (χ3n) is 3.63. The van der Waals surface area contributed by atoms with Gasteiger partial charge in [-0.2, -0.15) is 5.06 Å². The third kappa shape index (κ3) is 2.29. The molecule has 0 aliphatic carbocycles. The van der Waals surface area contributed by atoms with Crippen LogP contribution in [-0.4, -0.2) is 5.11 Å². The van der Waals surface area contributed by atoms with Gasteiger partial charge < -0.3 is 5.11 Å². The average Bonchev–Trinajstić information content (AvgIpc) is 2.37. The third-order valence-corrected chi connectivity index (χ3v) is 3.63. The molecular formula is C16H18NO2. The van der Waals surface area contributed by atoms with Crippen molar-refractivity contribution >= 4 is 11.4 Å². The number of aromatic hydroxyl groups is 1. The Balaban J connectivity index is 2.63. The summed E-state index contributed by atoms with van der Waals surface area (Å²) in [6.45, 7) is 7.85. The van der Waals surface area contributed by atoms with E-state index < -0.39 is 0 Å². The van der Waals surface area contributed by atoms with Crippen LogP contribution in [0.25, 0.3) is 0 Å². The zero-order valence-electron chi connectivity index (χ0n) is 11.7. The topological polar surface area (TPSA) is 43.4 Å². The number of nitrogens with zero attached hydrogens (tertiary/aromatic N) is 1. The van der Waals surface area contributed by atoms with E-state index in [1.54, 1.807) is 18.2 Å². The van der Waals surface area contributed by atoms with Gasteiger partial charge in [-0.15, -0.1) is 0 Å². The standard InChI is InChI=1S/C16H18NO2/c1-10-9-11(2)13(4)16(12(10)3)17(19)14-7-5-6-8-15(14)18/h5-9,18H,1-4H3. The van der Waals surface area contributed by atoms with Crippen LogP contribution in [-0.2, 0) is 5.21 Å². The molecule has 2 aromatic carbocycles. The summed E-state index contributed by atoms with van der Waals surface area (Å²) in [5, 5.41) is 23.2. The Morgan fingerprint density at radius 3 is 2.00 bits per heavy atom. The van der Waals surface area contributed by atoms with Gasteiger partial charge in [0, 0.05) is 0 Å². The fraction of sp³-hybridized carbons (Fsp3) is 0.250. The molecule has 0 aromatic heterocycles. The van der Waals surface area contributed by atoms with Crippen molar-refractivity contribution in [2.45, 2.75) is 27.7 Å². The number of anilines is 2. The number of benzene rings is 2. The van der Waals surface area contributed by atoms with Gasteiger partial charge in [-0.1, -0.05) is 23.4 Å². The highest BCUT2D eigenvalue weighted by atomic mass is 16.5. The molecule has 0 atom stereocenters. The van der Waals surface area contributed by atoms with Crippen molar-refractivity contribution in [3.63, 3.8) is 0 Å². The number of phenols is 1. The van der Waals surface area contributed by atoms with E-state index >= 15 is 0 Å². The Kier molecular flexibility index (Phi) is 3.49. The van der Waals surface area contributed by atoms with Crippen LogP contribution in [0.3, 0.4) is 0 Å². The van der Waals surface area contributed by atoms with Crippen LogP contribution < -0.4 is 5.06 Å². The molecule has 1 radical (unpaired) electrons. The highest BCUT2D eigenvalue weighted by Gasteiger charge is 2.18. The summed E-state index contributed by atoms with van der Waals surface area (Å²) in [5.41, 5.74) is 4.95. The van der Waals surface area contributed by atoms with E-state index in [0.717, 1.165) is 27.3 Å². The van der Waals surface area contributed by atoms with Gasteiger partial charge in [0.15, 0.2) is 0 Å².